The van der Waals surface area contributed by atoms with Gasteiger partial charge in [0.15, 0.2) is 0 Å². The van der Waals surface area contributed by atoms with Crippen LogP contribution in [0.15, 0.2) is 42.7 Å². The van der Waals surface area contributed by atoms with E-state index in [-0.39, 0.29) is 29.0 Å². The summed E-state index contributed by atoms with van der Waals surface area (Å²) in [5.74, 6) is -5.44. The van der Waals surface area contributed by atoms with Crippen molar-refractivity contribution in [3.05, 3.63) is 82.4 Å². The van der Waals surface area contributed by atoms with Gasteiger partial charge in [-0.1, -0.05) is 6.92 Å². The van der Waals surface area contributed by atoms with Gasteiger partial charge in [0.25, 0.3) is 5.91 Å². The third-order valence-electron chi connectivity index (χ3n) is 7.28. The lowest BCUT2D eigenvalue weighted by molar-refractivity contribution is -0.143. The number of carbonyl (C=O) groups excluding carboxylic acids is 2. The number of aromatic nitrogens is 3. The lowest BCUT2D eigenvalue weighted by Gasteiger charge is -2.22. The molecule has 0 aliphatic carbocycles. The summed E-state index contributed by atoms with van der Waals surface area (Å²) in [5, 5.41) is 4.15. The van der Waals surface area contributed by atoms with E-state index >= 15 is 0 Å². The highest BCUT2D eigenvalue weighted by Gasteiger charge is 2.39. The molecule has 2 atom stereocenters. The lowest BCUT2D eigenvalue weighted by atomic mass is 10.0. The normalized spacial score (nSPS) is 13.4. The fourth-order valence-corrected chi connectivity index (χ4v) is 4.81. The van der Waals surface area contributed by atoms with Crippen molar-refractivity contribution in [1.82, 2.24) is 19.7 Å². The molecule has 3 heterocycles. The zero-order chi connectivity index (χ0) is 34.1. The number of benzene rings is 1. The van der Waals surface area contributed by atoms with Crippen molar-refractivity contribution in [2.75, 3.05) is 12.4 Å². The maximum Gasteiger partial charge on any atom is 0.418 e. The molecule has 1 aromatic carbocycles. The van der Waals surface area contributed by atoms with E-state index in [0.717, 1.165) is 13.2 Å². The van der Waals surface area contributed by atoms with Crippen molar-refractivity contribution in [2.45, 2.75) is 58.0 Å². The number of amides is 1. The molecular weight excluding hydrogens is 630 g/mol. The van der Waals surface area contributed by atoms with E-state index in [1.54, 1.807) is 6.92 Å². The second kappa shape index (κ2) is 12.9. The van der Waals surface area contributed by atoms with Crippen LogP contribution < -0.4 is 10.6 Å². The first kappa shape index (κ1) is 34.1. The zero-order valence-corrected chi connectivity index (χ0v) is 24.7. The standard InChI is InChI=1S/C30H27F8N5O3/c1-5-23(30(36,37)38)41-16-11-20(31)24(21(32)12-16)27(44)42-22(28(45)46-4)13-17-6-7-18(26-39-8-9-43(17)26)25-19(29(33,34)35)10-14(2)15(3)40-25/h6-12,22-23,41H,5,13H2,1-4H3,(H,42,44)/t22-,23+/m0/s1. The number of halogens is 8. The average Bonchev–Trinajstić information content (AvgIpc) is 3.45. The number of anilines is 1. The van der Waals surface area contributed by atoms with Crippen LogP contribution in [0, 0.1) is 25.5 Å². The average molecular weight is 658 g/mol. The van der Waals surface area contributed by atoms with E-state index in [0.29, 0.717) is 23.4 Å². The molecule has 0 spiro atoms. The predicted molar refractivity (Wildman–Crippen MR) is 150 cm³/mol. The van der Waals surface area contributed by atoms with Crippen LogP contribution in [0.25, 0.3) is 16.9 Å². The Morgan fingerprint density at radius 2 is 1.67 bits per heavy atom. The highest BCUT2D eigenvalue weighted by molar-refractivity contribution is 5.97. The number of methoxy groups -OCH3 is 1. The second-order valence-electron chi connectivity index (χ2n) is 10.4. The Bertz CT molecular complexity index is 1760. The molecule has 0 unspecified atom stereocenters. The van der Waals surface area contributed by atoms with Gasteiger partial charge < -0.3 is 19.8 Å². The number of nitrogens with zero attached hydrogens (tertiary/aromatic N) is 3. The van der Waals surface area contributed by atoms with Gasteiger partial charge in [-0.05, 0) is 56.2 Å². The summed E-state index contributed by atoms with van der Waals surface area (Å²) in [6, 6.07) is 1.03. The molecule has 8 nitrogen and oxygen atoms in total. The maximum atomic E-state index is 14.9. The summed E-state index contributed by atoms with van der Waals surface area (Å²) in [6.07, 6.45) is -7.56. The maximum absolute atomic E-state index is 14.9. The molecule has 4 rings (SSSR count). The minimum absolute atomic E-state index is 0.0245. The van der Waals surface area contributed by atoms with Gasteiger partial charge in [-0.15, -0.1) is 0 Å². The Hall–Kier alpha value is -4.76. The van der Waals surface area contributed by atoms with E-state index < -0.39 is 71.2 Å². The first-order chi connectivity index (χ1) is 21.5. The number of nitrogens with one attached hydrogen (secondary N) is 2. The SMILES string of the molecule is CC[C@@H](Nc1cc(F)c(C(=O)N[C@@H](Cc2ccc(-c3nc(C)c(C)cc3C(F)(F)F)c3nccn23)C(=O)OC)c(F)c1)C(F)(F)F. The zero-order valence-electron chi connectivity index (χ0n) is 24.7. The Morgan fingerprint density at radius 1 is 1.02 bits per heavy atom. The molecule has 0 aliphatic rings. The molecule has 1 amide bonds. The van der Waals surface area contributed by atoms with Crippen LogP contribution >= 0.6 is 0 Å². The lowest BCUT2D eigenvalue weighted by Crippen LogP contribution is -2.44. The summed E-state index contributed by atoms with van der Waals surface area (Å²) in [6.45, 7) is 4.27. The Balaban J connectivity index is 1.66. The van der Waals surface area contributed by atoms with Crippen molar-refractivity contribution in [3.63, 3.8) is 0 Å². The van der Waals surface area contributed by atoms with Crippen molar-refractivity contribution in [1.29, 1.82) is 0 Å². The van der Waals surface area contributed by atoms with Crippen molar-refractivity contribution >= 4 is 23.2 Å². The van der Waals surface area contributed by atoms with Crippen LogP contribution in [0.1, 0.15) is 46.2 Å². The number of imidazole rings is 1. The number of rotatable bonds is 9. The highest BCUT2D eigenvalue weighted by atomic mass is 19.4. The first-order valence-electron chi connectivity index (χ1n) is 13.7. The van der Waals surface area contributed by atoms with Crippen molar-refractivity contribution in [3.8, 4) is 11.3 Å². The van der Waals surface area contributed by atoms with E-state index in [9.17, 15) is 44.7 Å². The molecule has 0 saturated heterocycles. The number of hydrogen-bond acceptors (Lipinski definition) is 6. The fraction of sp³-hybridized carbons (Fsp3) is 0.333. The highest BCUT2D eigenvalue weighted by Crippen LogP contribution is 2.38. The number of aryl methyl sites for hydroxylation is 2. The molecule has 3 aromatic heterocycles. The Kier molecular flexibility index (Phi) is 9.59. The van der Waals surface area contributed by atoms with Crippen LogP contribution in [0.3, 0.4) is 0 Å². The number of fused-ring (bicyclic) bond motifs is 1. The molecule has 4 aromatic rings. The number of alkyl halides is 6. The molecule has 2 N–H and O–H groups in total. The number of carbonyl (C=O) groups is 2. The van der Waals surface area contributed by atoms with Crippen LogP contribution in [-0.2, 0) is 22.1 Å². The predicted octanol–water partition coefficient (Wildman–Crippen LogP) is 6.58. The molecule has 46 heavy (non-hydrogen) atoms. The quantitative estimate of drug-likeness (QED) is 0.156. The monoisotopic (exact) mass is 657 g/mol. The summed E-state index contributed by atoms with van der Waals surface area (Å²) >= 11 is 0. The van der Waals surface area contributed by atoms with Gasteiger partial charge in [-0.3, -0.25) is 9.78 Å². The van der Waals surface area contributed by atoms with Gasteiger partial charge >= 0.3 is 18.3 Å². The van der Waals surface area contributed by atoms with Crippen LogP contribution in [0.5, 0.6) is 0 Å². The minimum Gasteiger partial charge on any atom is -0.467 e. The van der Waals surface area contributed by atoms with E-state index in [1.807, 2.05) is 5.32 Å². The van der Waals surface area contributed by atoms with Crippen LogP contribution in [0.2, 0.25) is 0 Å². The largest absolute Gasteiger partial charge is 0.467 e. The molecule has 0 radical (unpaired) electrons. The first-order valence-corrected chi connectivity index (χ1v) is 13.7. The Morgan fingerprint density at radius 3 is 2.24 bits per heavy atom. The van der Waals surface area contributed by atoms with Crippen molar-refractivity contribution < 1.29 is 49.4 Å². The summed E-state index contributed by atoms with van der Waals surface area (Å²) in [5.41, 5.74) is -2.09. The minimum atomic E-state index is -4.74. The Labute approximate surface area is 256 Å². The number of ether oxygens (including phenoxy) is 1. The topological polar surface area (TPSA) is 97.6 Å². The number of esters is 1. The van der Waals surface area contributed by atoms with E-state index in [1.165, 1.54) is 42.8 Å². The smallest absolute Gasteiger partial charge is 0.418 e. The third kappa shape index (κ3) is 7.05. The summed E-state index contributed by atoms with van der Waals surface area (Å²) in [7, 11) is 0.994. The summed E-state index contributed by atoms with van der Waals surface area (Å²) in [4.78, 5) is 33.9. The second-order valence-corrected chi connectivity index (χ2v) is 10.4. The fourth-order valence-electron chi connectivity index (χ4n) is 4.81. The van der Waals surface area contributed by atoms with Gasteiger partial charge in [-0.25, -0.2) is 18.6 Å². The van der Waals surface area contributed by atoms with Gasteiger partial charge in [0.05, 0.1) is 18.4 Å². The van der Waals surface area contributed by atoms with Gasteiger partial charge in [-0.2, -0.15) is 26.3 Å². The van der Waals surface area contributed by atoms with Gasteiger partial charge in [0, 0.05) is 41.5 Å². The van der Waals surface area contributed by atoms with E-state index in [2.05, 4.69) is 15.3 Å². The molecular formula is C30H27F8N5O3. The number of hydrogen-bond donors (Lipinski definition) is 2. The molecule has 246 valence electrons. The van der Waals surface area contributed by atoms with Crippen molar-refractivity contribution in [2.24, 2.45) is 0 Å². The van der Waals surface area contributed by atoms with E-state index in [4.69, 9.17) is 4.74 Å². The van der Waals surface area contributed by atoms with Crippen LogP contribution in [0.4, 0.5) is 40.8 Å². The third-order valence-corrected chi connectivity index (χ3v) is 7.28. The van der Waals surface area contributed by atoms with Crippen LogP contribution in [-0.4, -0.2) is 51.6 Å². The summed E-state index contributed by atoms with van der Waals surface area (Å²) < 4.78 is 117. The van der Waals surface area contributed by atoms with Gasteiger partial charge in [0.1, 0.15) is 34.9 Å². The molecule has 0 aliphatic heterocycles. The molecule has 0 saturated carbocycles. The van der Waals surface area contributed by atoms with Gasteiger partial charge in [0.2, 0.25) is 0 Å². The number of pyridine rings is 2. The molecule has 16 heteroatoms. The molecule has 0 fully saturated rings. The molecule has 0 bridgehead atoms.